The predicted octanol–water partition coefficient (Wildman–Crippen LogP) is 3.74. The first-order chi connectivity index (χ1) is 8.93. The molecule has 1 atom stereocenters. The molecule has 0 fully saturated rings. The largest absolute Gasteiger partial charge is 0.351 e. The fraction of sp³-hybridized carbons (Fsp3) is 0.800. The Morgan fingerprint density at radius 1 is 1.42 bits per heavy atom. The third kappa shape index (κ3) is 3.48. The van der Waals surface area contributed by atoms with Gasteiger partial charge < -0.3 is 10.6 Å². The highest BCUT2D eigenvalue weighted by atomic mass is 32.1. The Hall–Kier alpha value is -0.610. The minimum atomic E-state index is 0.175. The Labute approximate surface area is 121 Å². The van der Waals surface area contributed by atoms with Crippen LogP contribution in [-0.4, -0.2) is 18.6 Å². The van der Waals surface area contributed by atoms with E-state index < -0.39 is 0 Å². The maximum atomic E-state index is 6.31. The number of aromatic nitrogens is 1. The Morgan fingerprint density at radius 2 is 2.16 bits per heavy atom. The average molecular weight is 281 g/mol. The SMILES string of the molecule is CCCCCN(C)c1nc2c(s1)C(N)CC(C)(C)C2. The molecule has 0 aromatic carbocycles. The van der Waals surface area contributed by atoms with Crippen molar-refractivity contribution in [1.29, 1.82) is 0 Å². The van der Waals surface area contributed by atoms with Crippen LogP contribution in [0.5, 0.6) is 0 Å². The third-order valence-electron chi connectivity index (χ3n) is 3.90. The molecule has 0 aliphatic heterocycles. The zero-order valence-corrected chi connectivity index (χ0v) is 13.5. The smallest absolute Gasteiger partial charge is 0.185 e. The van der Waals surface area contributed by atoms with Gasteiger partial charge in [0, 0.05) is 24.5 Å². The lowest BCUT2D eigenvalue weighted by Gasteiger charge is -2.32. The number of nitrogens with two attached hydrogens (primary N) is 1. The molecule has 108 valence electrons. The molecular weight excluding hydrogens is 254 g/mol. The van der Waals surface area contributed by atoms with E-state index >= 15 is 0 Å². The van der Waals surface area contributed by atoms with Crippen molar-refractivity contribution in [1.82, 2.24) is 4.98 Å². The van der Waals surface area contributed by atoms with Gasteiger partial charge in [0.05, 0.1) is 5.69 Å². The number of rotatable bonds is 5. The van der Waals surface area contributed by atoms with Crippen LogP contribution in [-0.2, 0) is 6.42 Å². The Balaban J connectivity index is 2.09. The normalized spacial score (nSPS) is 21.2. The molecule has 1 aliphatic carbocycles. The molecular formula is C15H27N3S. The number of nitrogens with zero attached hydrogens (tertiary/aromatic N) is 2. The Kier molecular flexibility index (Phi) is 4.51. The van der Waals surface area contributed by atoms with Crippen molar-refractivity contribution in [3.8, 4) is 0 Å². The average Bonchev–Trinajstić information content (AvgIpc) is 2.71. The Morgan fingerprint density at radius 3 is 2.84 bits per heavy atom. The highest BCUT2D eigenvalue weighted by Gasteiger charge is 2.33. The molecule has 2 rings (SSSR count). The van der Waals surface area contributed by atoms with Crippen LogP contribution in [0, 0.1) is 5.41 Å². The fourth-order valence-corrected chi connectivity index (χ4v) is 3.91. The van der Waals surface area contributed by atoms with Crippen molar-refractivity contribution < 1.29 is 0 Å². The second-order valence-corrected chi connectivity index (χ2v) is 7.60. The van der Waals surface area contributed by atoms with Gasteiger partial charge in [0.15, 0.2) is 5.13 Å². The maximum absolute atomic E-state index is 6.31. The number of hydrogen-bond acceptors (Lipinski definition) is 4. The summed E-state index contributed by atoms with van der Waals surface area (Å²) in [5, 5.41) is 1.15. The van der Waals surface area contributed by atoms with Crippen molar-refractivity contribution in [3.63, 3.8) is 0 Å². The molecule has 4 heteroatoms. The summed E-state index contributed by atoms with van der Waals surface area (Å²) in [6, 6.07) is 0.175. The number of anilines is 1. The van der Waals surface area contributed by atoms with E-state index in [4.69, 9.17) is 10.7 Å². The predicted molar refractivity (Wildman–Crippen MR) is 83.9 cm³/mol. The monoisotopic (exact) mass is 281 g/mol. The number of hydrogen-bond donors (Lipinski definition) is 1. The van der Waals surface area contributed by atoms with E-state index in [0.717, 1.165) is 24.5 Å². The molecule has 19 heavy (non-hydrogen) atoms. The summed E-state index contributed by atoms with van der Waals surface area (Å²) in [7, 11) is 2.15. The van der Waals surface area contributed by atoms with Crippen LogP contribution >= 0.6 is 11.3 Å². The maximum Gasteiger partial charge on any atom is 0.185 e. The van der Waals surface area contributed by atoms with Gasteiger partial charge in [-0.2, -0.15) is 0 Å². The zero-order valence-electron chi connectivity index (χ0n) is 12.7. The first kappa shape index (κ1) is 14.8. The van der Waals surface area contributed by atoms with Crippen molar-refractivity contribution in [3.05, 3.63) is 10.6 Å². The molecule has 2 N–H and O–H groups in total. The molecule has 0 bridgehead atoms. The summed E-state index contributed by atoms with van der Waals surface area (Å²) in [6.07, 6.45) is 5.94. The molecule has 1 unspecified atom stereocenters. The molecule has 1 aromatic rings. The molecule has 3 nitrogen and oxygen atoms in total. The van der Waals surface area contributed by atoms with Crippen molar-refractivity contribution in [2.45, 2.75) is 58.9 Å². The minimum absolute atomic E-state index is 0.175. The van der Waals surface area contributed by atoms with Gasteiger partial charge in [-0.15, -0.1) is 11.3 Å². The number of unbranched alkanes of at least 4 members (excludes halogenated alkanes) is 2. The van der Waals surface area contributed by atoms with Crippen molar-refractivity contribution in [2.75, 3.05) is 18.5 Å². The standard InChI is InChI=1S/C15H27N3S/c1-5-6-7-8-18(4)14-17-12-10-15(2,3)9-11(16)13(12)19-14/h11H,5-10,16H2,1-4H3. The van der Waals surface area contributed by atoms with E-state index in [9.17, 15) is 0 Å². The molecule has 1 heterocycles. The minimum Gasteiger partial charge on any atom is -0.351 e. The lowest BCUT2D eigenvalue weighted by molar-refractivity contribution is 0.282. The summed E-state index contributed by atoms with van der Waals surface area (Å²) < 4.78 is 0. The highest BCUT2D eigenvalue weighted by molar-refractivity contribution is 7.15. The van der Waals surface area contributed by atoms with Gasteiger partial charge in [-0.05, 0) is 24.7 Å². The van der Waals surface area contributed by atoms with Crippen LogP contribution in [0.25, 0.3) is 0 Å². The van der Waals surface area contributed by atoms with Crippen molar-refractivity contribution in [2.24, 2.45) is 11.1 Å². The molecule has 0 amide bonds. The quantitative estimate of drug-likeness (QED) is 0.836. The lowest BCUT2D eigenvalue weighted by Crippen LogP contribution is -2.28. The van der Waals surface area contributed by atoms with E-state index in [1.807, 2.05) is 0 Å². The van der Waals surface area contributed by atoms with Crippen LogP contribution in [0.15, 0.2) is 0 Å². The van der Waals surface area contributed by atoms with Gasteiger partial charge in [-0.25, -0.2) is 4.98 Å². The van der Waals surface area contributed by atoms with Gasteiger partial charge in [-0.3, -0.25) is 0 Å². The van der Waals surface area contributed by atoms with E-state index in [1.54, 1.807) is 11.3 Å². The highest BCUT2D eigenvalue weighted by Crippen LogP contribution is 2.43. The van der Waals surface area contributed by atoms with Crippen LogP contribution in [0.1, 0.15) is 63.1 Å². The van der Waals surface area contributed by atoms with Crippen LogP contribution in [0.3, 0.4) is 0 Å². The van der Waals surface area contributed by atoms with Gasteiger partial charge in [-0.1, -0.05) is 33.6 Å². The second-order valence-electron chi connectivity index (χ2n) is 6.59. The van der Waals surface area contributed by atoms with Gasteiger partial charge in [0.2, 0.25) is 0 Å². The van der Waals surface area contributed by atoms with E-state index in [2.05, 4.69) is 32.7 Å². The zero-order chi connectivity index (χ0) is 14.0. The van der Waals surface area contributed by atoms with E-state index in [-0.39, 0.29) is 6.04 Å². The molecule has 0 saturated carbocycles. The van der Waals surface area contributed by atoms with Gasteiger partial charge in [0.1, 0.15) is 0 Å². The first-order valence-electron chi connectivity index (χ1n) is 7.39. The number of thiazole rings is 1. The van der Waals surface area contributed by atoms with Gasteiger partial charge in [0.25, 0.3) is 0 Å². The third-order valence-corrected chi connectivity index (χ3v) is 5.24. The van der Waals surface area contributed by atoms with E-state index in [1.165, 1.54) is 29.8 Å². The topological polar surface area (TPSA) is 42.2 Å². The summed E-state index contributed by atoms with van der Waals surface area (Å²) in [4.78, 5) is 8.45. The lowest BCUT2D eigenvalue weighted by atomic mass is 9.77. The van der Waals surface area contributed by atoms with Crippen LogP contribution in [0.2, 0.25) is 0 Å². The summed E-state index contributed by atoms with van der Waals surface area (Å²) in [5.41, 5.74) is 7.84. The number of fused-ring (bicyclic) bond motifs is 1. The fourth-order valence-electron chi connectivity index (χ4n) is 2.84. The molecule has 0 radical (unpaired) electrons. The summed E-state index contributed by atoms with van der Waals surface area (Å²) in [6.45, 7) is 7.92. The molecule has 0 saturated heterocycles. The Bertz CT molecular complexity index is 425. The second kappa shape index (κ2) is 5.80. The molecule has 0 spiro atoms. The van der Waals surface area contributed by atoms with E-state index in [0.29, 0.717) is 5.41 Å². The first-order valence-corrected chi connectivity index (χ1v) is 8.21. The van der Waals surface area contributed by atoms with Crippen molar-refractivity contribution >= 4 is 16.5 Å². The van der Waals surface area contributed by atoms with Crippen LogP contribution in [0.4, 0.5) is 5.13 Å². The summed E-state index contributed by atoms with van der Waals surface area (Å²) >= 11 is 1.80. The summed E-state index contributed by atoms with van der Waals surface area (Å²) in [5.74, 6) is 0. The van der Waals surface area contributed by atoms with Crippen LogP contribution < -0.4 is 10.6 Å². The molecule has 1 aromatic heterocycles. The molecule has 1 aliphatic rings. The van der Waals surface area contributed by atoms with Gasteiger partial charge >= 0.3 is 0 Å².